The fraction of sp³-hybridized carbons (Fsp3) is 0.0233. The lowest BCUT2D eigenvalue weighted by atomic mass is 9.91. The van der Waals surface area contributed by atoms with Crippen LogP contribution in [0.3, 0.4) is 0 Å². The van der Waals surface area contributed by atoms with Gasteiger partial charge in [0, 0.05) is 56.7 Å². The summed E-state index contributed by atoms with van der Waals surface area (Å²) in [5.41, 5.74) is 12.4. The van der Waals surface area contributed by atoms with Gasteiger partial charge in [-0.1, -0.05) is 127 Å². The molecule has 0 atom stereocenters. The van der Waals surface area contributed by atoms with E-state index in [1.54, 1.807) is 0 Å². The van der Waals surface area contributed by atoms with Crippen LogP contribution in [0.5, 0.6) is 0 Å². The van der Waals surface area contributed by atoms with Gasteiger partial charge in [-0.15, -0.1) is 0 Å². The molecule has 0 N–H and O–H groups in total. The molecule has 46 heavy (non-hydrogen) atoms. The second kappa shape index (κ2) is 10.5. The van der Waals surface area contributed by atoms with Crippen molar-refractivity contribution < 1.29 is 8.83 Å². The zero-order valence-electron chi connectivity index (χ0n) is 25.3. The smallest absolute Gasteiger partial charge is 0.143 e. The van der Waals surface area contributed by atoms with Gasteiger partial charge < -0.3 is 13.7 Å². The van der Waals surface area contributed by atoms with Crippen molar-refractivity contribution in [1.29, 1.82) is 0 Å². The van der Waals surface area contributed by atoms with Crippen molar-refractivity contribution in [2.24, 2.45) is 0 Å². The van der Waals surface area contributed by atoms with E-state index in [1.165, 1.54) is 11.1 Å². The maximum Gasteiger partial charge on any atom is 0.143 e. The third kappa shape index (κ3) is 4.13. The van der Waals surface area contributed by atoms with Crippen LogP contribution >= 0.6 is 0 Å². The second-order valence-corrected chi connectivity index (χ2v) is 11.7. The zero-order chi connectivity index (χ0) is 30.6. The molecule has 0 spiro atoms. The Morgan fingerprint density at radius 1 is 0.391 bits per heavy atom. The van der Waals surface area contributed by atoms with Crippen LogP contribution in [0.1, 0.15) is 0 Å². The Labute approximate surface area is 266 Å². The highest BCUT2D eigenvalue weighted by molar-refractivity contribution is 6.13. The Hall–Kier alpha value is -6.06. The van der Waals surface area contributed by atoms with Gasteiger partial charge in [0.05, 0.1) is 0 Å². The first-order chi connectivity index (χ1) is 22.7. The predicted molar refractivity (Wildman–Crippen MR) is 192 cm³/mol. The maximum absolute atomic E-state index is 6.59. The topological polar surface area (TPSA) is 29.5 Å². The zero-order valence-corrected chi connectivity index (χ0v) is 25.3. The summed E-state index contributed by atoms with van der Waals surface area (Å²) in [5.74, 6) is 0. The number of para-hydroxylation sites is 5. The first-order valence-electron chi connectivity index (χ1n) is 15.6. The average molecular weight is 592 g/mol. The third-order valence-electron chi connectivity index (χ3n) is 9.13. The molecule has 0 bridgehead atoms. The quantitative estimate of drug-likeness (QED) is 0.199. The first-order valence-corrected chi connectivity index (χ1v) is 15.6. The maximum atomic E-state index is 6.59. The van der Waals surface area contributed by atoms with E-state index >= 15 is 0 Å². The van der Waals surface area contributed by atoms with Crippen molar-refractivity contribution in [3.05, 3.63) is 158 Å². The van der Waals surface area contributed by atoms with Crippen LogP contribution in [0.4, 0.5) is 11.4 Å². The van der Waals surface area contributed by atoms with Gasteiger partial charge in [0.15, 0.2) is 0 Å². The number of hydrogen-bond acceptors (Lipinski definition) is 3. The molecule has 2 aromatic heterocycles. The van der Waals surface area contributed by atoms with E-state index in [0.29, 0.717) is 0 Å². The fourth-order valence-electron chi connectivity index (χ4n) is 6.88. The Morgan fingerprint density at radius 3 is 1.59 bits per heavy atom. The number of anilines is 2. The molecule has 218 valence electrons. The summed E-state index contributed by atoms with van der Waals surface area (Å²) < 4.78 is 13.1. The predicted octanol–water partition coefficient (Wildman–Crippen LogP) is 12.3. The minimum Gasteiger partial charge on any atom is -0.455 e. The largest absolute Gasteiger partial charge is 0.455 e. The van der Waals surface area contributed by atoms with Crippen molar-refractivity contribution >= 4 is 55.3 Å². The van der Waals surface area contributed by atoms with Gasteiger partial charge >= 0.3 is 0 Å². The minimum atomic E-state index is 0.881. The standard InChI is InChI=1S/C43H29NO2/c1-44(39-22-8-5-15-30(39)28-13-3-2-4-14-28)29-25-26-31(34-18-11-19-35-32-16-6-9-23-40(32)45-42(34)35)38(27-29)37-21-12-20-36-33-17-7-10-24-41(33)46-43(36)37/h2-27H,1H3. The Bertz CT molecular complexity index is 2560. The summed E-state index contributed by atoms with van der Waals surface area (Å²) in [6.45, 7) is 0. The molecule has 3 heteroatoms. The van der Waals surface area contributed by atoms with E-state index in [0.717, 1.165) is 77.5 Å². The third-order valence-corrected chi connectivity index (χ3v) is 9.13. The fourth-order valence-corrected chi connectivity index (χ4v) is 6.88. The summed E-state index contributed by atoms with van der Waals surface area (Å²) >= 11 is 0. The van der Waals surface area contributed by atoms with Crippen LogP contribution in [0, 0.1) is 0 Å². The highest BCUT2D eigenvalue weighted by Crippen LogP contribution is 2.45. The molecule has 0 aliphatic heterocycles. The molecular formula is C43H29NO2. The van der Waals surface area contributed by atoms with Gasteiger partial charge in [-0.25, -0.2) is 0 Å². The SMILES string of the molecule is CN(c1ccc(-c2cccc3c2oc2ccccc23)c(-c2cccc3c2oc2ccccc23)c1)c1ccccc1-c1ccccc1. The van der Waals surface area contributed by atoms with Crippen LogP contribution in [-0.2, 0) is 0 Å². The summed E-state index contributed by atoms with van der Waals surface area (Å²) in [5, 5.41) is 4.45. The molecule has 3 nitrogen and oxygen atoms in total. The number of benzene rings is 7. The molecule has 0 unspecified atom stereocenters. The first kappa shape index (κ1) is 26.4. The summed E-state index contributed by atoms with van der Waals surface area (Å²) in [7, 11) is 2.14. The van der Waals surface area contributed by atoms with Gasteiger partial charge in [0.25, 0.3) is 0 Å². The number of fused-ring (bicyclic) bond motifs is 6. The summed E-state index contributed by atoms with van der Waals surface area (Å²) in [6.07, 6.45) is 0. The lowest BCUT2D eigenvalue weighted by molar-refractivity contribution is 0.669. The summed E-state index contributed by atoms with van der Waals surface area (Å²) in [6, 6.07) is 55.3. The molecule has 7 aromatic carbocycles. The van der Waals surface area contributed by atoms with Crippen LogP contribution in [-0.4, -0.2) is 7.05 Å². The summed E-state index contributed by atoms with van der Waals surface area (Å²) in [4.78, 5) is 2.27. The number of rotatable bonds is 5. The van der Waals surface area contributed by atoms with E-state index in [9.17, 15) is 0 Å². The van der Waals surface area contributed by atoms with Gasteiger partial charge in [0.2, 0.25) is 0 Å². The van der Waals surface area contributed by atoms with E-state index in [4.69, 9.17) is 8.83 Å². The molecule has 0 aliphatic rings. The van der Waals surface area contributed by atoms with Crippen molar-refractivity contribution in [1.82, 2.24) is 0 Å². The van der Waals surface area contributed by atoms with Gasteiger partial charge in [-0.05, 0) is 47.0 Å². The van der Waals surface area contributed by atoms with Crippen molar-refractivity contribution in [2.45, 2.75) is 0 Å². The Balaban J connectivity index is 1.30. The highest BCUT2D eigenvalue weighted by atomic mass is 16.3. The molecule has 0 saturated heterocycles. The van der Waals surface area contributed by atoms with Crippen molar-refractivity contribution in [3.63, 3.8) is 0 Å². The van der Waals surface area contributed by atoms with E-state index in [-0.39, 0.29) is 0 Å². The molecule has 0 radical (unpaired) electrons. The van der Waals surface area contributed by atoms with Gasteiger partial charge in [0.1, 0.15) is 22.3 Å². The lowest BCUT2D eigenvalue weighted by Gasteiger charge is -2.24. The van der Waals surface area contributed by atoms with E-state index in [2.05, 4.69) is 145 Å². The molecule has 0 amide bonds. The van der Waals surface area contributed by atoms with Crippen LogP contribution in [0.2, 0.25) is 0 Å². The monoisotopic (exact) mass is 591 g/mol. The Kier molecular flexibility index (Phi) is 6.04. The molecule has 2 heterocycles. The number of nitrogens with zero attached hydrogens (tertiary/aromatic N) is 1. The number of hydrogen-bond donors (Lipinski definition) is 0. The van der Waals surface area contributed by atoms with E-state index in [1.807, 2.05) is 24.3 Å². The lowest BCUT2D eigenvalue weighted by Crippen LogP contribution is -2.11. The molecule has 9 aromatic rings. The van der Waals surface area contributed by atoms with Crippen LogP contribution < -0.4 is 4.90 Å². The van der Waals surface area contributed by atoms with Crippen LogP contribution in [0.15, 0.2) is 167 Å². The van der Waals surface area contributed by atoms with Gasteiger partial charge in [-0.2, -0.15) is 0 Å². The molecular weight excluding hydrogens is 562 g/mol. The molecule has 0 fully saturated rings. The van der Waals surface area contributed by atoms with E-state index < -0.39 is 0 Å². The van der Waals surface area contributed by atoms with Crippen molar-refractivity contribution in [3.8, 4) is 33.4 Å². The van der Waals surface area contributed by atoms with Crippen LogP contribution in [0.25, 0.3) is 77.3 Å². The normalized spacial score (nSPS) is 11.6. The average Bonchev–Trinajstić information content (AvgIpc) is 3.70. The van der Waals surface area contributed by atoms with Gasteiger partial charge in [-0.3, -0.25) is 0 Å². The second-order valence-electron chi connectivity index (χ2n) is 11.7. The molecule has 0 saturated carbocycles. The molecule has 0 aliphatic carbocycles. The molecule has 9 rings (SSSR count). The number of furan rings is 2. The van der Waals surface area contributed by atoms with Crippen molar-refractivity contribution in [2.75, 3.05) is 11.9 Å². The highest BCUT2D eigenvalue weighted by Gasteiger charge is 2.21. The Morgan fingerprint density at radius 2 is 0.913 bits per heavy atom. The minimum absolute atomic E-state index is 0.881.